The molecule has 2 heterocycles. The fraction of sp³-hybridized carbons (Fsp3) is 0.273. The van der Waals surface area contributed by atoms with Gasteiger partial charge in [0.15, 0.2) is 0 Å². The molecule has 0 spiro atoms. The predicted octanol–water partition coefficient (Wildman–Crippen LogP) is 3.44. The van der Waals surface area contributed by atoms with E-state index in [4.69, 9.17) is 11.6 Å². The summed E-state index contributed by atoms with van der Waals surface area (Å²) >= 11 is 5.91. The monoisotopic (exact) mass is 394 g/mol. The molecular weight excluding hydrogens is 372 g/mol. The Balaban J connectivity index is 1.25. The van der Waals surface area contributed by atoms with Gasteiger partial charge in [-0.3, -0.25) is 9.69 Å². The van der Waals surface area contributed by atoms with Crippen LogP contribution in [0, 0.1) is 0 Å². The Bertz CT molecular complexity index is 955. The molecule has 1 N–H and O–H groups in total. The molecule has 0 radical (unpaired) electrons. The molecule has 4 rings (SSSR count). The van der Waals surface area contributed by atoms with E-state index in [9.17, 15) is 4.79 Å². The maximum absolute atomic E-state index is 12.4. The Hall–Kier alpha value is -2.63. The summed E-state index contributed by atoms with van der Waals surface area (Å²) in [6.45, 7) is 5.54. The summed E-state index contributed by atoms with van der Waals surface area (Å²) in [6.07, 6.45) is 0. The molecular formula is C22H23ClN4O. The van der Waals surface area contributed by atoms with Crippen molar-refractivity contribution in [2.24, 2.45) is 0 Å². The van der Waals surface area contributed by atoms with Crippen molar-refractivity contribution in [3.8, 4) is 0 Å². The van der Waals surface area contributed by atoms with Crippen LogP contribution in [0.25, 0.3) is 10.9 Å². The van der Waals surface area contributed by atoms with E-state index in [2.05, 4.69) is 44.4 Å². The zero-order valence-corrected chi connectivity index (χ0v) is 16.4. The van der Waals surface area contributed by atoms with Gasteiger partial charge in [-0.1, -0.05) is 29.8 Å². The Labute approximate surface area is 169 Å². The van der Waals surface area contributed by atoms with Crippen molar-refractivity contribution in [1.82, 2.24) is 15.2 Å². The van der Waals surface area contributed by atoms with Crippen LogP contribution < -0.4 is 10.2 Å². The van der Waals surface area contributed by atoms with Crippen LogP contribution in [-0.2, 0) is 0 Å². The Morgan fingerprint density at radius 3 is 2.57 bits per heavy atom. The number of pyridine rings is 1. The number of aromatic nitrogens is 1. The first-order valence-corrected chi connectivity index (χ1v) is 9.94. The smallest absolute Gasteiger partial charge is 0.251 e. The molecule has 0 unspecified atom stereocenters. The lowest BCUT2D eigenvalue weighted by Gasteiger charge is -2.36. The lowest BCUT2D eigenvalue weighted by Crippen LogP contribution is -2.48. The number of halogens is 1. The molecule has 1 saturated heterocycles. The summed E-state index contributed by atoms with van der Waals surface area (Å²) in [5.74, 6) is -0.0558. The second kappa shape index (κ2) is 8.59. The molecule has 0 bridgehead atoms. The first kappa shape index (κ1) is 18.7. The topological polar surface area (TPSA) is 48.5 Å². The Morgan fingerprint density at radius 1 is 1.00 bits per heavy atom. The van der Waals surface area contributed by atoms with E-state index in [-0.39, 0.29) is 5.91 Å². The fourth-order valence-corrected chi connectivity index (χ4v) is 3.69. The van der Waals surface area contributed by atoms with Crippen molar-refractivity contribution in [2.45, 2.75) is 0 Å². The molecule has 1 aromatic heterocycles. The van der Waals surface area contributed by atoms with Crippen LogP contribution in [0.15, 0.2) is 60.7 Å². The molecule has 0 atom stereocenters. The average Bonchev–Trinajstić information content (AvgIpc) is 2.74. The number of hydrogen-bond donors (Lipinski definition) is 1. The lowest BCUT2D eigenvalue weighted by molar-refractivity contribution is 0.0948. The SMILES string of the molecule is O=C(NCCN1CCN(c2ccccc2)CC1)c1ccc2nc(Cl)ccc2c1. The third-order valence-electron chi connectivity index (χ3n) is 5.12. The van der Waals surface area contributed by atoms with Crippen molar-refractivity contribution < 1.29 is 4.79 Å². The molecule has 1 aliphatic heterocycles. The van der Waals surface area contributed by atoms with Crippen molar-refractivity contribution in [3.05, 3.63) is 71.4 Å². The van der Waals surface area contributed by atoms with Crippen LogP contribution in [0.2, 0.25) is 5.15 Å². The van der Waals surface area contributed by atoms with Gasteiger partial charge in [-0.25, -0.2) is 4.98 Å². The van der Waals surface area contributed by atoms with Gasteiger partial charge in [-0.2, -0.15) is 0 Å². The summed E-state index contributed by atoms with van der Waals surface area (Å²) in [7, 11) is 0. The van der Waals surface area contributed by atoms with Gasteiger partial charge in [0.05, 0.1) is 5.52 Å². The summed E-state index contributed by atoms with van der Waals surface area (Å²) in [5.41, 5.74) is 2.72. The van der Waals surface area contributed by atoms with Crippen molar-refractivity contribution in [2.75, 3.05) is 44.2 Å². The minimum Gasteiger partial charge on any atom is -0.369 e. The van der Waals surface area contributed by atoms with Gasteiger partial charge in [-0.05, 0) is 42.5 Å². The number of amides is 1. The molecule has 2 aromatic carbocycles. The van der Waals surface area contributed by atoms with Crippen molar-refractivity contribution >= 4 is 34.1 Å². The van der Waals surface area contributed by atoms with E-state index >= 15 is 0 Å². The first-order valence-electron chi connectivity index (χ1n) is 9.56. The van der Waals surface area contributed by atoms with Gasteiger partial charge >= 0.3 is 0 Å². The predicted molar refractivity (Wildman–Crippen MR) is 114 cm³/mol. The Kier molecular flexibility index (Phi) is 5.74. The summed E-state index contributed by atoms with van der Waals surface area (Å²) in [6, 6.07) is 19.6. The van der Waals surface area contributed by atoms with Crippen molar-refractivity contribution in [3.63, 3.8) is 0 Å². The van der Waals surface area contributed by atoms with E-state index in [1.54, 1.807) is 12.1 Å². The normalized spacial score (nSPS) is 15.0. The molecule has 144 valence electrons. The van der Waals surface area contributed by atoms with Gasteiger partial charge in [0, 0.05) is 55.9 Å². The highest BCUT2D eigenvalue weighted by Gasteiger charge is 2.17. The number of nitrogens with one attached hydrogen (secondary N) is 1. The molecule has 3 aromatic rings. The minimum atomic E-state index is -0.0558. The van der Waals surface area contributed by atoms with Crippen LogP contribution in [0.4, 0.5) is 5.69 Å². The molecule has 0 saturated carbocycles. The van der Waals surface area contributed by atoms with Gasteiger partial charge in [0.25, 0.3) is 5.91 Å². The Morgan fingerprint density at radius 2 is 1.79 bits per heavy atom. The molecule has 5 nitrogen and oxygen atoms in total. The van der Waals surface area contributed by atoms with E-state index in [1.807, 2.05) is 24.3 Å². The van der Waals surface area contributed by atoms with E-state index < -0.39 is 0 Å². The van der Waals surface area contributed by atoms with Gasteiger partial charge in [0.1, 0.15) is 5.15 Å². The number of benzene rings is 2. The number of hydrogen-bond acceptors (Lipinski definition) is 4. The number of nitrogens with zero attached hydrogens (tertiary/aromatic N) is 3. The quantitative estimate of drug-likeness (QED) is 0.673. The third-order valence-corrected chi connectivity index (χ3v) is 5.34. The number of carbonyl (C=O) groups is 1. The molecule has 0 aliphatic carbocycles. The molecule has 1 aliphatic rings. The average molecular weight is 395 g/mol. The zero-order valence-electron chi connectivity index (χ0n) is 15.6. The maximum Gasteiger partial charge on any atom is 0.251 e. The summed E-state index contributed by atoms with van der Waals surface area (Å²) < 4.78 is 0. The van der Waals surface area contributed by atoms with E-state index in [0.29, 0.717) is 17.3 Å². The number of rotatable bonds is 5. The summed E-state index contributed by atoms with van der Waals surface area (Å²) in [4.78, 5) is 21.5. The number of carbonyl (C=O) groups excluding carboxylic acids is 1. The molecule has 6 heteroatoms. The highest BCUT2D eigenvalue weighted by Crippen LogP contribution is 2.17. The lowest BCUT2D eigenvalue weighted by atomic mass is 10.1. The highest BCUT2D eigenvalue weighted by atomic mass is 35.5. The molecule has 1 fully saturated rings. The third kappa shape index (κ3) is 4.43. The first-order chi connectivity index (χ1) is 13.7. The number of fused-ring (bicyclic) bond motifs is 1. The maximum atomic E-state index is 12.4. The van der Waals surface area contributed by atoms with Gasteiger partial charge in [-0.15, -0.1) is 0 Å². The number of piperazine rings is 1. The summed E-state index contributed by atoms with van der Waals surface area (Å²) in [5, 5.41) is 4.39. The molecule has 28 heavy (non-hydrogen) atoms. The standard InChI is InChI=1S/C22H23ClN4O/c23-21-9-7-17-16-18(6-8-20(17)25-21)22(28)24-10-11-26-12-14-27(15-13-26)19-4-2-1-3-5-19/h1-9,16H,10-15H2,(H,24,28). The zero-order chi connectivity index (χ0) is 19.3. The second-order valence-corrected chi connectivity index (χ2v) is 7.35. The number of para-hydroxylation sites is 1. The van der Waals surface area contributed by atoms with Crippen LogP contribution in [0.5, 0.6) is 0 Å². The fourth-order valence-electron chi connectivity index (χ4n) is 3.54. The van der Waals surface area contributed by atoms with Gasteiger partial charge < -0.3 is 10.2 Å². The van der Waals surface area contributed by atoms with E-state index in [1.165, 1.54) is 5.69 Å². The second-order valence-electron chi connectivity index (χ2n) is 6.96. The van der Waals surface area contributed by atoms with Gasteiger partial charge in [0.2, 0.25) is 0 Å². The van der Waals surface area contributed by atoms with Crippen LogP contribution in [0.1, 0.15) is 10.4 Å². The van der Waals surface area contributed by atoms with Crippen LogP contribution >= 0.6 is 11.6 Å². The minimum absolute atomic E-state index is 0.0558. The largest absolute Gasteiger partial charge is 0.369 e. The van der Waals surface area contributed by atoms with E-state index in [0.717, 1.165) is 43.6 Å². The van der Waals surface area contributed by atoms with Crippen LogP contribution in [-0.4, -0.2) is 55.1 Å². The van der Waals surface area contributed by atoms with Crippen LogP contribution in [0.3, 0.4) is 0 Å². The van der Waals surface area contributed by atoms with Crippen molar-refractivity contribution in [1.29, 1.82) is 0 Å². The highest BCUT2D eigenvalue weighted by molar-refractivity contribution is 6.29. The molecule has 1 amide bonds. The number of anilines is 1.